The Morgan fingerprint density at radius 3 is 1.93 bits per heavy atom. The maximum atomic E-state index is 12.4. The van der Waals surface area contributed by atoms with Crippen molar-refractivity contribution in [2.24, 2.45) is 0 Å². The number of rotatable bonds is 4. The molecule has 4 nitrogen and oxygen atoms in total. The van der Waals surface area contributed by atoms with E-state index in [0.717, 1.165) is 10.0 Å². The molecule has 154 valence electrons. The first-order valence-corrected chi connectivity index (χ1v) is 10.2. The molecular formula is C25H24BrNO3. The molecule has 3 aromatic rings. The lowest BCUT2D eigenvalue weighted by atomic mass is 10.0. The van der Waals surface area contributed by atoms with Crippen LogP contribution in [0.3, 0.4) is 0 Å². The summed E-state index contributed by atoms with van der Waals surface area (Å²) in [5.41, 5.74) is 4.81. The molecule has 3 aromatic carbocycles. The van der Waals surface area contributed by atoms with Crippen LogP contribution in [0.15, 0.2) is 83.3 Å². The third-order valence-corrected chi connectivity index (χ3v) is 4.98. The van der Waals surface area contributed by atoms with Gasteiger partial charge in [0, 0.05) is 15.7 Å². The number of carbonyl (C=O) groups is 2. The molecule has 0 atom stereocenters. The number of allylic oxidation sites excluding steroid dienone is 1. The molecule has 0 aliphatic heterocycles. The van der Waals surface area contributed by atoms with Crippen molar-refractivity contribution in [1.82, 2.24) is 0 Å². The maximum Gasteiger partial charge on any atom is 0.335 e. The molecule has 1 amide bonds. The quantitative estimate of drug-likeness (QED) is 0.432. The van der Waals surface area contributed by atoms with Crippen LogP contribution in [-0.2, 0) is 4.79 Å². The minimum Gasteiger partial charge on any atom is -0.478 e. The summed E-state index contributed by atoms with van der Waals surface area (Å²) in [4.78, 5) is 23.2. The Labute approximate surface area is 185 Å². The fraction of sp³-hybridized carbons (Fsp3) is 0.120. The van der Waals surface area contributed by atoms with Gasteiger partial charge in [-0.15, -0.1) is 0 Å². The summed E-state index contributed by atoms with van der Waals surface area (Å²) in [5.74, 6) is -1.25. The largest absolute Gasteiger partial charge is 0.478 e. The Balaban J connectivity index is 0.000000335. The van der Waals surface area contributed by atoms with E-state index >= 15 is 0 Å². The number of amides is 1. The van der Waals surface area contributed by atoms with Crippen LogP contribution in [-0.4, -0.2) is 17.0 Å². The fourth-order valence-corrected chi connectivity index (χ4v) is 3.04. The number of benzene rings is 3. The van der Waals surface area contributed by atoms with E-state index in [4.69, 9.17) is 5.11 Å². The fourth-order valence-electron chi connectivity index (χ4n) is 2.64. The predicted octanol–water partition coefficient (Wildman–Crippen LogP) is 6.49. The molecule has 5 heteroatoms. The molecule has 0 bridgehead atoms. The van der Waals surface area contributed by atoms with Crippen LogP contribution in [0.25, 0.3) is 5.57 Å². The second kappa shape index (κ2) is 11.1. The smallest absolute Gasteiger partial charge is 0.335 e. The molecular weight excluding hydrogens is 442 g/mol. The molecule has 0 spiro atoms. The van der Waals surface area contributed by atoms with E-state index in [1.807, 2.05) is 24.3 Å². The van der Waals surface area contributed by atoms with Crippen molar-refractivity contribution in [2.45, 2.75) is 20.8 Å². The zero-order valence-electron chi connectivity index (χ0n) is 17.1. The van der Waals surface area contributed by atoms with Gasteiger partial charge in [-0.3, -0.25) is 4.79 Å². The molecule has 0 radical (unpaired) electrons. The summed E-state index contributed by atoms with van der Waals surface area (Å²) < 4.78 is 0.892. The normalized spacial score (nSPS) is 10.6. The predicted molar refractivity (Wildman–Crippen MR) is 126 cm³/mol. The number of carboxylic acid groups (broad SMARTS) is 1. The highest BCUT2D eigenvalue weighted by molar-refractivity contribution is 9.10. The van der Waals surface area contributed by atoms with Crippen LogP contribution in [0, 0.1) is 13.8 Å². The molecule has 0 fully saturated rings. The first-order chi connectivity index (χ1) is 14.3. The van der Waals surface area contributed by atoms with Gasteiger partial charge in [-0.2, -0.15) is 0 Å². The number of hydrogen-bond acceptors (Lipinski definition) is 2. The Bertz CT molecular complexity index is 1030. The summed E-state index contributed by atoms with van der Waals surface area (Å²) in [5, 5.41) is 11.6. The van der Waals surface area contributed by atoms with Gasteiger partial charge in [0.25, 0.3) is 5.91 Å². The van der Waals surface area contributed by atoms with Crippen molar-refractivity contribution in [3.63, 3.8) is 0 Å². The second-order valence-corrected chi connectivity index (χ2v) is 7.55. The third-order valence-electron chi connectivity index (χ3n) is 4.48. The number of hydrogen-bond donors (Lipinski definition) is 2. The Morgan fingerprint density at radius 1 is 0.867 bits per heavy atom. The number of anilines is 1. The zero-order chi connectivity index (χ0) is 22.1. The van der Waals surface area contributed by atoms with Gasteiger partial charge in [-0.25, -0.2) is 4.79 Å². The summed E-state index contributed by atoms with van der Waals surface area (Å²) >= 11 is 3.38. The van der Waals surface area contributed by atoms with Gasteiger partial charge in [-0.1, -0.05) is 58.4 Å². The molecule has 0 unspecified atom stereocenters. The van der Waals surface area contributed by atoms with Gasteiger partial charge in [-0.05, 0) is 73.9 Å². The lowest BCUT2D eigenvalue weighted by molar-refractivity contribution is -0.111. The number of nitrogens with one attached hydrogen (secondary N) is 1. The molecule has 30 heavy (non-hydrogen) atoms. The molecule has 2 N–H and O–H groups in total. The van der Waals surface area contributed by atoms with Crippen molar-refractivity contribution in [1.29, 1.82) is 0 Å². The van der Waals surface area contributed by atoms with Crippen molar-refractivity contribution >= 4 is 39.1 Å². The first-order valence-electron chi connectivity index (χ1n) is 9.41. The van der Waals surface area contributed by atoms with Crippen molar-refractivity contribution in [3.8, 4) is 0 Å². The molecule has 0 aromatic heterocycles. The van der Waals surface area contributed by atoms with Gasteiger partial charge >= 0.3 is 5.97 Å². The van der Waals surface area contributed by atoms with E-state index in [-0.39, 0.29) is 11.5 Å². The van der Waals surface area contributed by atoms with Gasteiger partial charge in [0.15, 0.2) is 0 Å². The Kier molecular flexibility index (Phi) is 8.56. The monoisotopic (exact) mass is 465 g/mol. The van der Waals surface area contributed by atoms with Crippen molar-refractivity contribution in [2.75, 3.05) is 5.32 Å². The van der Waals surface area contributed by atoms with E-state index in [2.05, 4.69) is 59.4 Å². The van der Waals surface area contributed by atoms with Crippen LogP contribution in [0.2, 0.25) is 0 Å². The van der Waals surface area contributed by atoms with Crippen molar-refractivity contribution in [3.05, 3.63) is 106 Å². The zero-order valence-corrected chi connectivity index (χ0v) is 18.7. The molecule has 0 saturated carbocycles. The number of aromatic carboxylic acids is 1. The highest BCUT2D eigenvalue weighted by Gasteiger charge is 2.12. The highest BCUT2D eigenvalue weighted by Crippen LogP contribution is 2.21. The van der Waals surface area contributed by atoms with Crippen LogP contribution >= 0.6 is 15.9 Å². The maximum absolute atomic E-state index is 12.4. The van der Waals surface area contributed by atoms with E-state index in [1.54, 1.807) is 25.1 Å². The van der Waals surface area contributed by atoms with E-state index in [0.29, 0.717) is 11.3 Å². The highest BCUT2D eigenvalue weighted by atomic mass is 79.9. The average molecular weight is 466 g/mol. The molecule has 0 saturated heterocycles. The molecule has 0 aliphatic rings. The molecule has 3 rings (SSSR count). The van der Waals surface area contributed by atoms with Gasteiger partial charge in [0.2, 0.25) is 0 Å². The summed E-state index contributed by atoms with van der Waals surface area (Å²) in [7, 11) is 0. The number of aryl methyl sites for hydroxylation is 2. The van der Waals surface area contributed by atoms with Gasteiger partial charge in [0.1, 0.15) is 0 Å². The number of carboxylic acids is 1. The average Bonchev–Trinajstić information content (AvgIpc) is 2.72. The number of halogens is 1. The van der Waals surface area contributed by atoms with E-state index in [9.17, 15) is 9.59 Å². The van der Waals surface area contributed by atoms with E-state index in [1.165, 1.54) is 23.3 Å². The Hall–Kier alpha value is -3.18. The lowest BCUT2D eigenvalue weighted by Crippen LogP contribution is -2.13. The van der Waals surface area contributed by atoms with E-state index < -0.39 is 5.97 Å². The van der Waals surface area contributed by atoms with Crippen LogP contribution in [0.5, 0.6) is 0 Å². The van der Waals surface area contributed by atoms with Crippen molar-refractivity contribution < 1.29 is 14.7 Å². The van der Waals surface area contributed by atoms with Crippen LogP contribution < -0.4 is 5.32 Å². The lowest BCUT2D eigenvalue weighted by Gasteiger charge is -2.09. The van der Waals surface area contributed by atoms with Crippen LogP contribution in [0.4, 0.5) is 5.69 Å². The summed E-state index contributed by atoms with van der Waals surface area (Å²) in [6.45, 7) is 6.04. The SMILES string of the molecule is C/C=C(/C(=O)Nc1ccc(C(=O)O)cc1)c1cccc(Br)c1.Cc1ccccc1C. The second-order valence-electron chi connectivity index (χ2n) is 6.63. The standard InChI is InChI=1S/C17H14BrNO3.C8H10/c1-2-15(12-4-3-5-13(18)10-12)16(20)19-14-8-6-11(7-9-14)17(21)22;1-7-5-3-4-6-8(7)2/h2-10H,1H3,(H,19,20)(H,21,22);3-6H,1-2H3/b15-2+;. The molecule has 0 heterocycles. The van der Waals surface area contributed by atoms with Crippen LogP contribution in [0.1, 0.15) is 34.0 Å². The van der Waals surface area contributed by atoms with Gasteiger partial charge in [0.05, 0.1) is 5.56 Å². The van der Waals surface area contributed by atoms with Gasteiger partial charge < -0.3 is 10.4 Å². The summed E-state index contributed by atoms with van der Waals surface area (Å²) in [6.07, 6.45) is 1.74. The number of carbonyl (C=O) groups excluding carboxylic acids is 1. The minimum atomic E-state index is -0.999. The third kappa shape index (κ3) is 6.71. The molecule has 0 aliphatic carbocycles. The first kappa shape index (κ1) is 23.1. The summed E-state index contributed by atoms with van der Waals surface area (Å²) in [6, 6.07) is 21.9. The minimum absolute atomic E-state index is 0.177. The topological polar surface area (TPSA) is 66.4 Å². The Morgan fingerprint density at radius 2 is 1.47 bits per heavy atom.